The Morgan fingerprint density at radius 3 is 2.67 bits per heavy atom. The van der Waals surface area contributed by atoms with Gasteiger partial charge in [-0.05, 0) is 43.2 Å². The first-order chi connectivity index (χ1) is 7.04. The average molecular weight is 207 g/mol. The molecule has 0 aromatic heterocycles. The minimum atomic E-state index is -0.232. The molecule has 0 aliphatic rings. The minimum Gasteiger partial charge on any atom is -0.355 e. The van der Waals surface area contributed by atoms with Crippen molar-refractivity contribution in [3.05, 3.63) is 40.7 Å². The van der Waals surface area contributed by atoms with Gasteiger partial charge in [0, 0.05) is 12.6 Å². The van der Waals surface area contributed by atoms with E-state index in [0.717, 1.165) is 5.56 Å². The van der Waals surface area contributed by atoms with Gasteiger partial charge in [-0.25, -0.2) is 4.39 Å². The third-order valence-electron chi connectivity index (χ3n) is 2.15. The summed E-state index contributed by atoms with van der Waals surface area (Å²) < 4.78 is 13.0. The van der Waals surface area contributed by atoms with Gasteiger partial charge in [0.1, 0.15) is 5.82 Å². The van der Waals surface area contributed by atoms with Crippen molar-refractivity contribution in [2.24, 2.45) is 0 Å². The Kier molecular flexibility index (Phi) is 3.61. The topological polar surface area (TPSA) is 29.1 Å². The van der Waals surface area contributed by atoms with Gasteiger partial charge in [-0.1, -0.05) is 6.07 Å². The lowest BCUT2D eigenvalue weighted by Gasteiger charge is -2.01. The second kappa shape index (κ2) is 4.73. The van der Waals surface area contributed by atoms with Crippen LogP contribution in [0.15, 0.2) is 23.8 Å². The van der Waals surface area contributed by atoms with Crippen LogP contribution in [0.4, 0.5) is 4.39 Å². The molecule has 80 valence electrons. The van der Waals surface area contributed by atoms with Crippen LogP contribution in [-0.2, 0) is 4.79 Å². The van der Waals surface area contributed by atoms with Crippen molar-refractivity contribution in [3.8, 4) is 0 Å². The van der Waals surface area contributed by atoms with Crippen LogP contribution in [-0.4, -0.2) is 13.0 Å². The van der Waals surface area contributed by atoms with Crippen LogP contribution in [0, 0.1) is 12.7 Å². The first-order valence-electron chi connectivity index (χ1n) is 4.71. The zero-order chi connectivity index (χ0) is 11.4. The Bertz CT molecular complexity index is 410. The van der Waals surface area contributed by atoms with E-state index in [4.69, 9.17) is 0 Å². The molecule has 0 saturated heterocycles. The molecule has 0 unspecified atom stereocenters. The lowest BCUT2D eigenvalue weighted by atomic mass is 10.1. The molecule has 1 aromatic rings. The maximum atomic E-state index is 13.0. The van der Waals surface area contributed by atoms with Crippen LogP contribution < -0.4 is 5.32 Å². The zero-order valence-corrected chi connectivity index (χ0v) is 9.10. The number of likely N-dealkylation sites (N-methyl/N-ethyl adjacent to an activating group) is 1. The molecule has 1 rings (SSSR count). The fourth-order valence-corrected chi connectivity index (χ4v) is 1.27. The largest absolute Gasteiger partial charge is 0.355 e. The molecule has 0 fully saturated rings. The van der Waals surface area contributed by atoms with Gasteiger partial charge in [0.2, 0.25) is 5.91 Å². The van der Waals surface area contributed by atoms with Crippen LogP contribution in [0.2, 0.25) is 0 Å². The SMILES string of the molecule is CNC(=O)/C(C)=C\c1ccc(F)c(C)c1. The van der Waals surface area contributed by atoms with Gasteiger partial charge in [-0.3, -0.25) is 4.79 Å². The van der Waals surface area contributed by atoms with Crippen LogP contribution >= 0.6 is 0 Å². The van der Waals surface area contributed by atoms with Crippen LogP contribution in [0.3, 0.4) is 0 Å². The number of rotatable bonds is 2. The number of carbonyl (C=O) groups is 1. The van der Waals surface area contributed by atoms with Crippen molar-refractivity contribution in [2.75, 3.05) is 7.05 Å². The molecule has 0 aliphatic carbocycles. The van der Waals surface area contributed by atoms with E-state index in [-0.39, 0.29) is 11.7 Å². The Morgan fingerprint density at radius 1 is 1.47 bits per heavy atom. The Hall–Kier alpha value is -1.64. The number of nitrogens with one attached hydrogen (secondary N) is 1. The molecule has 2 nitrogen and oxygen atoms in total. The van der Waals surface area contributed by atoms with E-state index in [1.165, 1.54) is 6.07 Å². The molecule has 0 spiro atoms. The highest BCUT2D eigenvalue weighted by Crippen LogP contribution is 2.12. The predicted octanol–water partition coefficient (Wildman–Crippen LogP) is 2.28. The number of hydrogen-bond donors (Lipinski definition) is 1. The second-order valence-corrected chi connectivity index (χ2v) is 3.42. The number of halogens is 1. The van der Waals surface area contributed by atoms with Crippen molar-refractivity contribution < 1.29 is 9.18 Å². The van der Waals surface area contributed by atoms with Crippen LogP contribution in [0.5, 0.6) is 0 Å². The van der Waals surface area contributed by atoms with Gasteiger partial charge in [0.25, 0.3) is 0 Å². The monoisotopic (exact) mass is 207 g/mol. The maximum absolute atomic E-state index is 13.0. The Morgan fingerprint density at radius 2 is 2.13 bits per heavy atom. The maximum Gasteiger partial charge on any atom is 0.246 e. The Balaban J connectivity index is 2.98. The van der Waals surface area contributed by atoms with E-state index in [0.29, 0.717) is 11.1 Å². The molecule has 0 bridgehead atoms. The van der Waals surface area contributed by atoms with Gasteiger partial charge in [-0.15, -0.1) is 0 Å². The molecular formula is C12H14FNO. The number of carbonyl (C=O) groups excluding carboxylic acids is 1. The highest BCUT2D eigenvalue weighted by Gasteiger charge is 2.02. The van der Waals surface area contributed by atoms with Gasteiger partial charge >= 0.3 is 0 Å². The molecule has 0 saturated carbocycles. The second-order valence-electron chi connectivity index (χ2n) is 3.42. The minimum absolute atomic E-state index is 0.128. The van der Waals surface area contributed by atoms with E-state index in [1.807, 2.05) is 0 Å². The summed E-state index contributed by atoms with van der Waals surface area (Å²) in [6, 6.07) is 4.76. The third-order valence-corrected chi connectivity index (χ3v) is 2.15. The molecule has 1 aromatic carbocycles. The smallest absolute Gasteiger partial charge is 0.246 e. The van der Waals surface area contributed by atoms with E-state index >= 15 is 0 Å². The van der Waals surface area contributed by atoms with Crippen LogP contribution in [0.25, 0.3) is 6.08 Å². The summed E-state index contributed by atoms with van der Waals surface area (Å²) in [5.41, 5.74) is 2.01. The van der Waals surface area contributed by atoms with Crippen molar-refractivity contribution in [3.63, 3.8) is 0 Å². The lowest BCUT2D eigenvalue weighted by molar-refractivity contribution is -0.116. The van der Waals surface area contributed by atoms with Crippen molar-refractivity contribution in [1.29, 1.82) is 0 Å². The highest BCUT2D eigenvalue weighted by molar-refractivity contribution is 5.97. The van der Waals surface area contributed by atoms with Gasteiger partial charge < -0.3 is 5.32 Å². The number of amides is 1. The first kappa shape index (κ1) is 11.4. The molecular weight excluding hydrogens is 193 g/mol. The fraction of sp³-hybridized carbons (Fsp3) is 0.250. The van der Waals surface area contributed by atoms with Gasteiger partial charge in [0.15, 0.2) is 0 Å². The van der Waals surface area contributed by atoms with Crippen molar-refractivity contribution >= 4 is 12.0 Å². The number of hydrogen-bond acceptors (Lipinski definition) is 1. The number of benzene rings is 1. The van der Waals surface area contributed by atoms with Crippen molar-refractivity contribution in [2.45, 2.75) is 13.8 Å². The highest BCUT2D eigenvalue weighted by atomic mass is 19.1. The van der Waals surface area contributed by atoms with Gasteiger partial charge in [0.05, 0.1) is 0 Å². The molecule has 0 radical (unpaired) electrons. The zero-order valence-electron chi connectivity index (χ0n) is 9.10. The fourth-order valence-electron chi connectivity index (χ4n) is 1.27. The molecule has 0 atom stereocenters. The van der Waals surface area contributed by atoms with E-state index < -0.39 is 0 Å². The summed E-state index contributed by atoms with van der Waals surface area (Å²) in [5.74, 6) is -0.360. The molecule has 1 amide bonds. The van der Waals surface area contributed by atoms with E-state index in [2.05, 4.69) is 5.32 Å². The van der Waals surface area contributed by atoms with Crippen LogP contribution in [0.1, 0.15) is 18.1 Å². The first-order valence-corrected chi connectivity index (χ1v) is 4.71. The summed E-state index contributed by atoms with van der Waals surface area (Å²) in [6.45, 7) is 3.42. The third kappa shape index (κ3) is 2.91. The standard InChI is InChI=1S/C12H14FNO/c1-8-6-10(4-5-11(8)13)7-9(2)12(15)14-3/h4-7H,1-3H3,(H,14,15)/b9-7-. The summed E-state index contributed by atoms with van der Waals surface area (Å²) in [4.78, 5) is 11.2. The predicted molar refractivity (Wildman–Crippen MR) is 58.9 cm³/mol. The van der Waals surface area contributed by atoms with Crippen molar-refractivity contribution in [1.82, 2.24) is 5.32 Å². The molecule has 1 N–H and O–H groups in total. The average Bonchev–Trinajstić information content (AvgIpc) is 2.22. The summed E-state index contributed by atoms with van der Waals surface area (Å²) in [7, 11) is 1.58. The lowest BCUT2D eigenvalue weighted by Crippen LogP contribution is -2.18. The van der Waals surface area contributed by atoms with E-state index in [1.54, 1.807) is 39.1 Å². The molecule has 15 heavy (non-hydrogen) atoms. The summed E-state index contributed by atoms with van der Waals surface area (Å²) >= 11 is 0. The molecule has 3 heteroatoms. The Labute approximate surface area is 88.8 Å². The summed E-state index contributed by atoms with van der Waals surface area (Å²) in [5, 5.41) is 2.53. The van der Waals surface area contributed by atoms with E-state index in [9.17, 15) is 9.18 Å². The molecule has 0 heterocycles. The normalized spacial score (nSPS) is 11.3. The van der Waals surface area contributed by atoms with Gasteiger partial charge in [-0.2, -0.15) is 0 Å². The summed E-state index contributed by atoms with van der Waals surface area (Å²) in [6.07, 6.45) is 1.73. The quantitative estimate of drug-likeness (QED) is 0.741. The number of aryl methyl sites for hydroxylation is 1. The molecule has 0 aliphatic heterocycles.